The maximum atomic E-state index is 12.5. The van der Waals surface area contributed by atoms with Crippen LogP contribution in [0.25, 0.3) is 17.1 Å². The molecule has 4 rings (SSSR count). The van der Waals surface area contributed by atoms with Crippen LogP contribution < -0.4 is 19.6 Å². The van der Waals surface area contributed by atoms with Gasteiger partial charge < -0.3 is 14.2 Å². The minimum absolute atomic E-state index is 0.0782. The third kappa shape index (κ3) is 6.44. The first-order valence-corrected chi connectivity index (χ1v) is 12.4. The van der Waals surface area contributed by atoms with Crippen molar-refractivity contribution in [1.82, 2.24) is 25.2 Å². The first-order chi connectivity index (χ1) is 18.1. The zero-order chi connectivity index (χ0) is 26.0. The lowest BCUT2D eigenvalue weighted by molar-refractivity contribution is -0.118. The highest BCUT2D eigenvalue weighted by Gasteiger charge is 2.17. The number of hydrazone groups is 1. The number of benzene rings is 2. The Kier molecular flexibility index (Phi) is 8.71. The van der Waals surface area contributed by atoms with Crippen LogP contribution in [0.15, 0.2) is 77.2 Å². The van der Waals surface area contributed by atoms with Gasteiger partial charge in [-0.15, -0.1) is 10.2 Å². The molecule has 11 heteroatoms. The van der Waals surface area contributed by atoms with E-state index in [1.807, 2.05) is 47.9 Å². The molecule has 0 saturated carbocycles. The molecule has 0 aliphatic carbocycles. The number of aromatic nitrogens is 4. The summed E-state index contributed by atoms with van der Waals surface area (Å²) in [5.41, 5.74) is 4.85. The lowest BCUT2D eigenvalue weighted by Crippen LogP contribution is -2.20. The fourth-order valence-corrected chi connectivity index (χ4v) is 4.16. The van der Waals surface area contributed by atoms with E-state index in [2.05, 4.69) is 25.7 Å². The summed E-state index contributed by atoms with van der Waals surface area (Å²) >= 11 is 1.25. The molecule has 0 bridgehead atoms. The van der Waals surface area contributed by atoms with Gasteiger partial charge in [0.25, 0.3) is 5.91 Å². The number of pyridine rings is 1. The van der Waals surface area contributed by atoms with Crippen LogP contribution >= 0.6 is 11.8 Å². The number of carbonyl (C=O) groups is 1. The zero-order valence-corrected chi connectivity index (χ0v) is 21.4. The molecule has 0 aliphatic heterocycles. The Bertz CT molecular complexity index is 1360. The van der Waals surface area contributed by atoms with E-state index in [9.17, 15) is 4.79 Å². The number of rotatable bonds is 11. The molecular weight excluding hydrogens is 492 g/mol. The van der Waals surface area contributed by atoms with Crippen LogP contribution in [0, 0.1) is 0 Å². The number of thioether (sulfide) groups is 1. The second-order valence-corrected chi connectivity index (χ2v) is 8.44. The highest BCUT2D eigenvalue weighted by Crippen LogP contribution is 2.28. The third-order valence-electron chi connectivity index (χ3n) is 5.12. The van der Waals surface area contributed by atoms with E-state index in [-0.39, 0.29) is 11.7 Å². The van der Waals surface area contributed by atoms with Crippen molar-refractivity contribution in [2.24, 2.45) is 5.10 Å². The predicted octanol–water partition coefficient (Wildman–Crippen LogP) is 3.99. The third-order valence-corrected chi connectivity index (χ3v) is 6.05. The summed E-state index contributed by atoms with van der Waals surface area (Å²) < 4.78 is 18.0. The molecule has 0 radical (unpaired) electrons. The van der Waals surface area contributed by atoms with Gasteiger partial charge in [0.1, 0.15) is 17.2 Å². The van der Waals surface area contributed by atoms with E-state index >= 15 is 0 Å². The van der Waals surface area contributed by atoms with Gasteiger partial charge in [-0.3, -0.25) is 14.3 Å². The molecule has 0 aliphatic rings. The van der Waals surface area contributed by atoms with Crippen LogP contribution in [0.2, 0.25) is 0 Å². The van der Waals surface area contributed by atoms with Crippen molar-refractivity contribution in [2.45, 2.75) is 12.1 Å². The summed E-state index contributed by atoms with van der Waals surface area (Å²) in [6, 6.07) is 16.7. The van der Waals surface area contributed by atoms with Gasteiger partial charge in [-0.25, -0.2) is 5.43 Å². The summed E-state index contributed by atoms with van der Waals surface area (Å²) in [6.45, 7) is 2.52. The Morgan fingerprint density at radius 3 is 2.59 bits per heavy atom. The van der Waals surface area contributed by atoms with Crippen LogP contribution in [0.1, 0.15) is 12.5 Å². The molecule has 0 spiro atoms. The maximum absolute atomic E-state index is 12.5. The van der Waals surface area contributed by atoms with Crippen molar-refractivity contribution in [2.75, 3.05) is 26.6 Å². The van der Waals surface area contributed by atoms with Crippen molar-refractivity contribution >= 4 is 23.9 Å². The number of ether oxygens (including phenoxy) is 3. The van der Waals surface area contributed by atoms with Gasteiger partial charge in [0.2, 0.25) is 0 Å². The van der Waals surface area contributed by atoms with Crippen molar-refractivity contribution in [3.05, 3.63) is 72.6 Å². The zero-order valence-electron chi connectivity index (χ0n) is 20.6. The average Bonchev–Trinajstić information content (AvgIpc) is 3.37. The Balaban J connectivity index is 1.50. The molecule has 1 amide bonds. The largest absolute Gasteiger partial charge is 0.497 e. The van der Waals surface area contributed by atoms with Gasteiger partial charge in [0.15, 0.2) is 11.0 Å². The quantitative estimate of drug-likeness (QED) is 0.180. The van der Waals surface area contributed by atoms with E-state index in [4.69, 9.17) is 14.2 Å². The molecule has 10 nitrogen and oxygen atoms in total. The Labute approximate surface area is 218 Å². The van der Waals surface area contributed by atoms with Crippen molar-refractivity contribution in [1.29, 1.82) is 0 Å². The van der Waals surface area contributed by atoms with Crippen molar-refractivity contribution < 1.29 is 19.0 Å². The second kappa shape index (κ2) is 12.5. The molecule has 2 heterocycles. The number of amides is 1. The molecule has 2 aromatic heterocycles. The second-order valence-electron chi connectivity index (χ2n) is 7.50. The molecule has 4 aromatic rings. The summed E-state index contributed by atoms with van der Waals surface area (Å²) in [4.78, 5) is 16.7. The number of carbonyl (C=O) groups excluding carboxylic acids is 1. The molecule has 37 heavy (non-hydrogen) atoms. The number of nitrogens with zero attached hydrogens (tertiary/aromatic N) is 5. The fraction of sp³-hybridized carbons (Fsp3) is 0.192. The van der Waals surface area contributed by atoms with E-state index in [1.54, 1.807) is 44.8 Å². The van der Waals surface area contributed by atoms with Gasteiger partial charge in [-0.1, -0.05) is 11.8 Å². The number of nitrogens with one attached hydrogen (secondary N) is 1. The van der Waals surface area contributed by atoms with E-state index in [1.165, 1.54) is 18.0 Å². The number of hydrogen-bond donors (Lipinski definition) is 1. The van der Waals surface area contributed by atoms with Crippen LogP contribution in [0.3, 0.4) is 0 Å². The minimum Gasteiger partial charge on any atom is -0.497 e. The van der Waals surface area contributed by atoms with Gasteiger partial charge in [0, 0.05) is 29.2 Å². The molecular formula is C26H26N6O4S. The molecule has 0 fully saturated rings. The lowest BCUT2D eigenvalue weighted by Gasteiger charge is -2.11. The van der Waals surface area contributed by atoms with Crippen LogP contribution in [0.5, 0.6) is 17.2 Å². The summed E-state index contributed by atoms with van der Waals surface area (Å²) in [5.74, 6) is 2.42. The summed E-state index contributed by atoms with van der Waals surface area (Å²) in [5, 5.41) is 13.3. The van der Waals surface area contributed by atoms with E-state index in [0.29, 0.717) is 34.7 Å². The highest BCUT2D eigenvalue weighted by atomic mass is 32.2. The fourth-order valence-electron chi connectivity index (χ4n) is 3.41. The lowest BCUT2D eigenvalue weighted by atomic mass is 10.2. The molecule has 1 N–H and O–H groups in total. The number of hydrogen-bond acceptors (Lipinski definition) is 9. The molecule has 0 saturated heterocycles. The summed E-state index contributed by atoms with van der Waals surface area (Å²) in [7, 11) is 3.14. The Hall–Kier alpha value is -4.38. The highest BCUT2D eigenvalue weighted by molar-refractivity contribution is 7.99. The minimum atomic E-state index is -0.299. The van der Waals surface area contributed by atoms with Crippen molar-refractivity contribution in [3.63, 3.8) is 0 Å². The van der Waals surface area contributed by atoms with E-state index in [0.717, 1.165) is 17.0 Å². The Morgan fingerprint density at radius 1 is 1.08 bits per heavy atom. The topological polar surface area (TPSA) is 113 Å². The molecule has 0 unspecified atom stereocenters. The average molecular weight is 519 g/mol. The van der Waals surface area contributed by atoms with Crippen LogP contribution in [-0.2, 0) is 4.79 Å². The van der Waals surface area contributed by atoms with E-state index < -0.39 is 0 Å². The molecule has 0 atom stereocenters. The standard InChI is InChI=1S/C26H26N6O4S/c1-4-36-21-9-7-20(8-10-21)32-25(18-6-5-13-27-15-18)30-31-26(32)37-17-24(33)29-28-16-19-14-22(34-2)11-12-23(19)35-3/h5-16H,4,17H2,1-3H3,(H,29,33)/b28-16-. The monoisotopic (exact) mass is 518 g/mol. The normalized spacial score (nSPS) is 10.9. The smallest absolute Gasteiger partial charge is 0.250 e. The number of methoxy groups -OCH3 is 2. The molecule has 2 aromatic carbocycles. The van der Waals surface area contributed by atoms with Crippen LogP contribution in [0.4, 0.5) is 0 Å². The molecule has 190 valence electrons. The first kappa shape index (κ1) is 25.7. The van der Waals surface area contributed by atoms with Gasteiger partial charge in [-0.2, -0.15) is 5.10 Å². The maximum Gasteiger partial charge on any atom is 0.250 e. The van der Waals surface area contributed by atoms with Gasteiger partial charge in [0.05, 0.1) is 32.8 Å². The SMILES string of the molecule is CCOc1ccc(-n2c(SCC(=O)N/N=C\c3cc(OC)ccc3OC)nnc2-c2cccnc2)cc1. The Morgan fingerprint density at radius 2 is 1.89 bits per heavy atom. The van der Waals surface area contributed by atoms with Crippen molar-refractivity contribution in [3.8, 4) is 34.3 Å². The predicted molar refractivity (Wildman–Crippen MR) is 142 cm³/mol. The van der Waals surface area contributed by atoms with Crippen LogP contribution in [-0.4, -0.2) is 58.4 Å². The van der Waals surface area contributed by atoms with Gasteiger partial charge in [-0.05, 0) is 61.5 Å². The van der Waals surface area contributed by atoms with Gasteiger partial charge >= 0.3 is 0 Å². The first-order valence-electron chi connectivity index (χ1n) is 11.4. The summed E-state index contributed by atoms with van der Waals surface area (Å²) in [6.07, 6.45) is 4.92.